The van der Waals surface area contributed by atoms with E-state index in [4.69, 9.17) is 4.62 Å². The fourth-order valence-corrected chi connectivity index (χ4v) is 5.99. The van der Waals surface area contributed by atoms with Crippen LogP contribution in [0.3, 0.4) is 0 Å². The van der Waals surface area contributed by atoms with Crippen LogP contribution in [0.1, 0.15) is 11.1 Å². The van der Waals surface area contributed by atoms with E-state index in [-0.39, 0.29) is 10.9 Å². The van der Waals surface area contributed by atoms with Gasteiger partial charge in [0, 0.05) is 32.1 Å². The summed E-state index contributed by atoms with van der Waals surface area (Å²) in [7, 11) is -1.49. The summed E-state index contributed by atoms with van der Waals surface area (Å²) < 4.78 is 92.2. The Labute approximate surface area is 227 Å². The van der Waals surface area contributed by atoms with Crippen LogP contribution in [0.4, 0.5) is 22.0 Å². The summed E-state index contributed by atoms with van der Waals surface area (Å²) >= 11 is 1.54. The lowest BCUT2D eigenvalue weighted by atomic mass is 10.1. The molecule has 0 bridgehead atoms. The first-order valence-corrected chi connectivity index (χ1v) is 13.9. The number of phosphoric ester groups is 1. The molecule has 214 valence electrons. The van der Waals surface area contributed by atoms with Gasteiger partial charge >= 0.3 is 19.7 Å². The number of carbonyl (C=O) groups excluding carboxylic acids is 1. The summed E-state index contributed by atoms with van der Waals surface area (Å²) in [6, 6.07) is 0.982. The van der Waals surface area contributed by atoms with E-state index in [1.165, 1.54) is 24.0 Å². The zero-order valence-corrected chi connectivity index (χ0v) is 22.9. The predicted molar refractivity (Wildman–Crippen MR) is 133 cm³/mol. The van der Waals surface area contributed by atoms with Crippen LogP contribution in [0.15, 0.2) is 37.5 Å². The zero-order valence-electron chi connectivity index (χ0n) is 20.4. The Hall–Kier alpha value is -3.44. The van der Waals surface area contributed by atoms with Gasteiger partial charge in [0.1, 0.15) is 27.7 Å². The summed E-state index contributed by atoms with van der Waals surface area (Å²) in [6.07, 6.45) is -5.91. The Morgan fingerprint density at radius 3 is 2.42 bits per heavy atom. The lowest BCUT2D eigenvalue weighted by molar-refractivity contribution is -0.142. The molecule has 0 aliphatic heterocycles. The molecule has 19 heteroatoms. The highest BCUT2D eigenvalue weighted by molar-refractivity contribution is 7.47. The first-order valence-electron chi connectivity index (χ1n) is 10.7. The van der Waals surface area contributed by atoms with Crippen LogP contribution in [-0.2, 0) is 40.6 Å². The van der Waals surface area contributed by atoms with Gasteiger partial charge < -0.3 is 4.62 Å². The Balaban J connectivity index is 1.85. The molecule has 1 N–H and O–H groups in total. The van der Waals surface area contributed by atoms with E-state index in [0.29, 0.717) is 33.0 Å². The summed E-state index contributed by atoms with van der Waals surface area (Å²) in [5.41, 5.74) is -4.75. The van der Waals surface area contributed by atoms with Gasteiger partial charge in [0.15, 0.2) is 0 Å². The third-order valence-corrected chi connectivity index (χ3v) is 8.29. The first kappa shape index (κ1) is 29.5. The van der Waals surface area contributed by atoms with Crippen LogP contribution in [0.2, 0.25) is 0 Å². The van der Waals surface area contributed by atoms with Crippen molar-refractivity contribution in [3.63, 3.8) is 0 Å². The highest BCUT2D eigenvalue weighted by atomic mass is 32.1. The largest absolute Gasteiger partial charge is 0.546 e. The Bertz CT molecular complexity index is 1900. The molecule has 1 amide bonds. The molecule has 4 rings (SSSR count). The van der Waals surface area contributed by atoms with Gasteiger partial charge in [-0.2, -0.15) is 18.2 Å². The summed E-state index contributed by atoms with van der Waals surface area (Å²) in [5.74, 6) is -4.88. The molecule has 1 atom stereocenters. The van der Waals surface area contributed by atoms with Crippen molar-refractivity contribution in [1.82, 2.24) is 13.9 Å². The number of hydrogen-bond acceptors (Lipinski definition) is 8. The maximum absolute atomic E-state index is 14.9. The van der Waals surface area contributed by atoms with Crippen molar-refractivity contribution < 1.29 is 45.4 Å². The zero-order chi connectivity index (χ0) is 29.7. The van der Waals surface area contributed by atoms with Gasteiger partial charge in [-0.05, 0) is 23.1 Å². The van der Waals surface area contributed by atoms with Crippen LogP contribution >= 0.6 is 30.5 Å². The lowest BCUT2D eigenvalue weighted by Gasteiger charge is -2.15. The molecular formula is C21H16F5N4O7PS2. The molecule has 0 radical (unpaired) electrons. The monoisotopic (exact) mass is 626 g/mol. The fraction of sp³-hybridized carbons (Fsp3) is 0.238. The van der Waals surface area contributed by atoms with Gasteiger partial charge in [0.2, 0.25) is 4.80 Å². The predicted octanol–water partition coefficient (Wildman–Crippen LogP) is 2.97. The highest BCUT2D eigenvalue weighted by Crippen LogP contribution is 2.41. The van der Waals surface area contributed by atoms with Crippen molar-refractivity contribution in [2.45, 2.75) is 12.6 Å². The molecule has 40 heavy (non-hydrogen) atoms. The first-order chi connectivity index (χ1) is 18.6. The number of amides is 1. The molecule has 4 aromatic rings. The molecule has 3 heterocycles. The lowest BCUT2D eigenvalue weighted by Crippen LogP contribution is -2.36. The summed E-state index contributed by atoms with van der Waals surface area (Å²) in [6.45, 7) is 0. The third-order valence-electron chi connectivity index (χ3n) is 5.54. The number of hydrogen-bond donors (Lipinski definition) is 1. The Morgan fingerprint density at radius 2 is 1.80 bits per heavy atom. The number of halogens is 5. The average Bonchev–Trinajstić information content (AvgIpc) is 3.44. The van der Waals surface area contributed by atoms with E-state index in [2.05, 4.69) is 9.52 Å². The van der Waals surface area contributed by atoms with E-state index in [1.54, 1.807) is 0 Å². The molecule has 0 fully saturated rings. The molecule has 1 unspecified atom stereocenters. The minimum absolute atomic E-state index is 0.0847. The third kappa shape index (κ3) is 5.32. The van der Waals surface area contributed by atoms with Crippen LogP contribution in [0, 0.1) is 11.6 Å². The quantitative estimate of drug-likeness (QED) is 0.257. The van der Waals surface area contributed by atoms with Crippen LogP contribution in [-0.4, -0.2) is 31.8 Å². The molecule has 1 aromatic carbocycles. The van der Waals surface area contributed by atoms with Gasteiger partial charge in [0.05, 0.1) is 11.8 Å². The van der Waals surface area contributed by atoms with Crippen molar-refractivity contribution >= 4 is 46.6 Å². The standard InChI is InChI=1S/C21H16F5N4O7PS2/c1-28-17(32)14-9(7-39-18(14)29(2)20(28)33)6-13(31)27-19-30(37-38(34,35)36-3)12(8-40-19)10-4-5-11(22)15(16(10)23)21(24,25)26/h4-5,7-8H,6H2,1-3H3,(H,34,35)/b27-19-. The number of aromatic nitrogens is 3. The molecule has 3 aromatic heterocycles. The van der Waals surface area contributed by atoms with E-state index in [0.717, 1.165) is 28.4 Å². The van der Waals surface area contributed by atoms with E-state index in [9.17, 15) is 45.8 Å². The second kappa shape index (κ2) is 10.5. The molecule has 0 aliphatic carbocycles. The van der Waals surface area contributed by atoms with E-state index >= 15 is 0 Å². The summed E-state index contributed by atoms with van der Waals surface area (Å²) in [4.78, 5) is 51.0. The molecule has 0 saturated carbocycles. The Morgan fingerprint density at radius 1 is 1.12 bits per heavy atom. The van der Waals surface area contributed by atoms with Crippen LogP contribution in [0.5, 0.6) is 0 Å². The minimum atomic E-state index is -5.42. The van der Waals surface area contributed by atoms with Crippen molar-refractivity contribution in [2.24, 2.45) is 19.1 Å². The highest BCUT2D eigenvalue weighted by Gasteiger charge is 2.39. The van der Waals surface area contributed by atoms with Gasteiger partial charge in [-0.25, -0.2) is 18.1 Å². The topological polar surface area (TPSA) is 134 Å². The van der Waals surface area contributed by atoms with Gasteiger partial charge in [-0.15, -0.1) is 27.4 Å². The van der Waals surface area contributed by atoms with Gasteiger partial charge in [-0.1, -0.05) is 0 Å². The number of phosphoric acid groups is 1. The molecular weight excluding hydrogens is 610 g/mol. The maximum Gasteiger partial charge on any atom is 0.546 e. The van der Waals surface area contributed by atoms with Crippen LogP contribution < -0.4 is 20.7 Å². The van der Waals surface area contributed by atoms with E-state index in [1.807, 2.05) is 0 Å². The maximum atomic E-state index is 14.9. The fourth-order valence-electron chi connectivity index (χ4n) is 3.64. The second-order valence-corrected chi connectivity index (χ2v) is 11.2. The van der Waals surface area contributed by atoms with Crippen molar-refractivity contribution in [1.29, 1.82) is 0 Å². The van der Waals surface area contributed by atoms with Crippen LogP contribution in [0.25, 0.3) is 21.5 Å². The Kier molecular flexibility index (Phi) is 7.76. The average molecular weight is 626 g/mol. The minimum Gasteiger partial charge on any atom is -0.308 e. The van der Waals surface area contributed by atoms with Gasteiger partial charge in [0.25, 0.3) is 11.5 Å². The van der Waals surface area contributed by atoms with Crippen molar-refractivity contribution in [2.75, 3.05) is 7.11 Å². The summed E-state index contributed by atoms with van der Waals surface area (Å²) in [5, 5.41) is 2.51. The van der Waals surface area contributed by atoms with Crippen molar-refractivity contribution in [3.05, 3.63) is 71.3 Å². The number of carbonyl (C=O) groups is 1. The second-order valence-electron chi connectivity index (χ2n) is 8.04. The number of nitrogens with zero attached hydrogens (tertiary/aromatic N) is 4. The van der Waals surface area contributed by atoms with Crippen molar-refractivity contribution in [3.8, 4) is 11.3 Å². The number of rotatable bonds is 6. The molecule has 0 spiro atoms. The van der Waals surface area contributed by atoms with Gasteiger partial charge in [-0.3, -0.25) is 28.1 Å². The molecule has 0 aliphatic rings. The number of fused-ring (bicyclic) bond motifs is 1. The number of alkyl halides is 3. The smallest absolute Gasteiger partial charge is 0.308 e. The molecule has 11 nitrogen and oxygen atoms in total. The number of benzene rings is 1. The SMILES string of the molecule is COP(=O)(O)On1c(-c2ccc(F)c(C(F)(F)F)c2F)cs/c1=N\C(=O)Cc1csc2c1c(=O)n(C)c(=O)n2C. The normalized spacial score (nSPS) is 14.1. The number of aryl methyl sites for hydroxylation is 1. The molecule has 0 saturated heterocycles. The van der Waals surface area contributed by atoms with E-state index < -0.39 is 70.8 Å². The number of thiazole rings is 1. The number of thiophene rings is 1.